The molecule has 0 aliphatic rings. The smallest absolute Gasteiger partial charge is 0.220 e. The van der Waals surface area contributed by atoms with Crippen molar-refractivity contribution in [3.63, 3.8) is 0 Å². The van der Waals surface area contributed by atoms with Crippen LogP contribution in [0, 0.1) is 0 Å². The maximum atomic E-state index is 12.5. The van der Waals surface area contributed by atoms with Crippen LogP contribution in [0.4, 0.5) is 0 Å². The Morgan fingerprint density at radius 3 is 0.917 bits per heavy atom. The maximum absolute atomic E-state index is 12.5. The molecule has 2 atom stereocenters. The van der Waals surface area contributed by atoms with Crippen molar-refractivity contribution in [3.05, 3.63) is 24.3 Å². The van der Waals surface area contributed by atoms with E-state index in [1.54, 1.807) is 6.08 Å². The fourth-order valence-electron chi connectivity index (χ4n) is 8.71. The molecule has 1 amide bonds. The van der Waals surface area contributed by atoms with Crippen molar-refractivity contribution in [2.24, 2.45) is 0 Å². The number of aliphatic hydroxyl groups is 2. The Morgan fingerprint density at radius 2 is 0.633 bits per heavy atom. The van der Waals surface area contributed by atoms with Gasteiger partial charge in [0, 0.05) is 6.42 Å². The van der Waals surface area contributed by atoms with E-state index < -0.39 is 12.1 Å². The number of hydrogen-bond donors (Lipinski definition) is 3. The van der Waals surface area contributed by atoms with Crippen LogP contribution in [0.1, 0.15) is 309 Å². The van der Waals surface area contributed by atoms with Crippen LogP contribution in [0.5, 0.6) is 0 Å². The van der Waals surface area contributed by atoms with Gasteiger partial charge >= 0.3 is 0 Å². The average Bonchev–Trinajstić information content (AvgIpc) is 3.25. The van der Waals surface area contributed by atoms with E-state index in [1.165, 1.54) is 263 Å². The molecule has 0 saturated heterocycles. The van der Waals surface area contributed by atoms with E-state index in [-0.39, 0.29) is 12.5 Å². The molecule has 0 aliphatic carbocycles. The lowest BCUT2D eigenvalue weighted by molar-refractivity contribution is -0.123. The van der Waals surface area contributed by atoms with Gasteiger partial charge in [-0.25, -0.2) is 0 Å². The van der Waals surface area contributed by atoms with Gasteiger partial charge in [0.1, 0.15) is 0 Å². The van der Waals surface area contributed by atoms with E-state index in [1.807, 2.05) is 6.08 Å². The van der Waals surface area contributed by atoms with Crippen LogP contribution in [-0.4, -0.2) is 34.9 Å². The lowest BCUT2D eigenvalue weighted by Gasteiger charge is -2.20. The van der Waals surface area contributed by atoms with Crippen LogP contribution < -0.4 is 5.32 Å². The molecular formula is C56H109NO3. The molecule has 0 fully saturated rings. The molecule has 3 N–H and O–H groups in total. The molecule has 356 valence electrons. The molecular weight excluding hydrogens is 735 g/mol. The molecule has 0 bridgehead atoms. The van der Waals surface area contributed by atoms with Gasteiger partial charge < -0.3 is 15.5 Å². The highest BCUT2D eigenvalue weighted by Crippen LogP contribution is 2.17. The largest absolute Gasteiger partial charge is 0.394 e. The number of rotatable bonds is 51. The molecule has 0 aromatic heterocycles. The zero-order chi connectivity index (χ0) is 43.5. The first-order chi connectivity index (χ1) is 29.7. The number of carbonyl (C=O) groups is 1. The summed E-state index contributed by atoms with van der Waals surface area (Å²) in [6.07, 6.45) is 69.1. The second kappa shape index (κ2) is 52.2. The first-order valence-corrected chi connectivity index (χ1v) is 27.6. The van der Waals surface area contributed by atoms with Gasteiger partial charge in [-0.1, -0.05) is 282 Å². The quantitative estimate of drug-likeness (QED) is 0.0422. The van der Waals surface area contributed by atoms with Gasteiger partial charge in [0.25, 0.3) is 0 Å². The van der Waals surface area contributed by atoms with Gasteiger partial charge in [0.2, 0.25) is 5.91 Å². The van der Waals surface area contributed by atoms with Gasteiger partial charge in [0.15, 0.2) is 0 Å². The third-order valence-corrected chi connectivity index (χ3v) is 12.9. The molecule has 0 radical (unpaired) electrons. The molecule has 0 saturated carbocycles. The van der Waals surface area contributed by atoms with Crippen molar-refractivity contribution >= 4 is 5.91 Å². The minimum Gasteiger partial charge on any atom is -0.394 e. The van der Waals surface area contributed by atoms with Crippen molar-refractivity contribution in [3.8, 4) is 0 Å². The fraction of sp³-hybridized carbons (Fsp3) is 0.911. The van der Waals surface area contributed by atoms with Crippen molar-refractivity contribution in [2.75, 3.05) is 6.61 Å². The normalized spacial score (nSPS) is 12.9. The second-order valence-electron chi connectivity index (χ2n) is 19.0. The van der Waals surface area contributed by atoms with Crippen LogP contribution in [0.15, 0.2) is 24.3 Å². The molecule has 0 aliphatic heterocycles. The summed E-state index contributed by atoms with van der Waals surface area (Å²) < 4.78 is 0. The first-order valence-electron chi connectivity index (χ1n) is 27.6. The van der Waals surface area contributed by atoms with Gasteiger partial charge in [-0.2, -0.15) is 0 Å². The van der Waals surface area contributed by atoms with Gasteiger partial charge in [-0.3, -0.25) is 4.79 Å². The molecule has 4 heteroatoms. The summed E-state index contributed by atoms with van der Waals surface area (Å²) in [5.74, 6) is -0.0594. The average molecular weight is 844 g/mol. The predicted octanol–water partition coefficient (Wildman–Crippen LogP) is 17.9. The van der Waals surface area contributed by atoms with Crippen LogP contribution in [0.2, 0.25) is 0 Å². The number of hydrogen-bond acceptors (Lipinski definition) is 3. The Morgan fingerprint density at radius 1 is 0.383 bits per heavy atom. The number of amides is 1. The van der Waals surface area contributed by atoms with Crippen molar-refractivity contribution in [1.82, 2.24) is 5.32 Å². The standard InChI is InChI=1S/C56H109NO3/c1-3-5-7-9-11-13-15-17-19-21-23-25-26-27-28-29-30-31-32-34-36-38-40-42-44-46-48-50-52-56(60)57-54(53-58)55(59)51-49-47-45-43-41-39-37-35-33-24-22-20-18-16-14-12-10-8-6-4-2/h27-28,49,51,54-55,58-59H,3-26,29-48,50,52-53H2,1-2H3,(H,57,60)/b28-27-,51-49+. The Bertz CT molecular complexity index is 871. The number of aliphatic hydroxyl groups excluding tert-OH is 2. The van der Waals surface area contributed by atoms with Crippen molar-refractivity contribution in [2.45, 2.75) is 321 Å². The lowest BCUT2D eigenvalue weighted by Crippen LogP contribution is -2.45. The Hall–Kier alpha value is -1.13. The number of allylic oxidation sites excluding steroid dienone is 3. The van der Waals surface area contributed by atoms with Crippen LogP contribution >= 0.6 is 0 Å². The van der Waals surface area contributed by atoms with E-state index in [4.69, 9.17) is 0 Å². The SMILES string of the molecule is CCCCCCCCCCCCCC/C=C\CCCCCCCCCCCCCCC(=O)NC(CO)C(O)/C=C/CCCCCCCCCCCCCCCCCCCC. The van der Waals surface area contributed by atoms with E-state index in [2.05, 4.69) is 31.3 Å². The third kappa shape index (κ3) is 47.9. The predicted molar refractivity (Wildman–Crippen MR) is 267 cm³/mol. The fourth-order valence-corrected chi connectivity index (χ4v) is 8.71. The number of unbranched alkanes of at least 4 members (excludes halogenated alkanes) is 42. The van der Waals surface area contributed by atoms with Crippen LogP contribution in [0.3, 0.4) is 0 Å². The summed E-state index contributed by atoms with van der Waals surface area (Å²) in [4.78, 5) is 12.5. The molecule has 0 aromatic carbocycles. The summed E-state index contributed by atoms with van der Waals surface area (Å²) in [7, 11) is 0. The highest BCUT2D eigenvalue weighted by Gasteiger charge is 2.18. The molecule has 0 rings (SSSR count). The van der Waals surface area contributed by atoms with Crippen molar-refractivity contribution in [1.29, 1.82) is 0 Å². The monoisotopic (exact) mass is 844 g/mol. The highest BCUT2D eigenvalue weighted by atomic mass is 16.3. The molecule has 60 heavy (non-hydrogen) atoms. The minimum absolute atomic E-state index is 0.0594. The molecule has 0 aromatic rings. The van der Waals surface area contributed by atoms with Gasteiger partial charge in [-0.15, -0.1) is 0 Å². The topological polar surface area (TPSA) is 69.6 Å². The molecule has 0 heterocycles. The number of carbonyl (C=O) groups excluding carboxylic acids is 1. The molecule has 2 unspecified atom stereocenters. The zero-order valence-corrected chi connectivity index (χ0v) is 41.0. The summed E-state index contributed by atoms with van der Waals surface area (Å²) in [6.45, 7) is 4.34. The second-order valence-corrected chi connectivity index (χ2v) is 19.0. The van der Waals surface area contributed by atoms with Crippen molar-refractivity contribution < 1.29 is 15.0 Å². The van der Waals surface area contributed by atoms with Gasteiger partial charge in [0.05, 0.1) is 18.8 Å². The summed E-state index contributed by atoms with van der Waals surface area (Å²) in [5, 5.41) is 23.2. The summed E-state index contributed by atoms with van der Waals surface area (Å²) in [5.41, 5.74) is 0. The Kier molecular flexibility index (Phi) is 51.2. The summed E-state index contributed by atoms with van der Waals surface area (Å²) >= 11 is 0. The Labute approximate surface area is 377 Å². The van der Waals surface area contributed by atoms with Crippen LogP contribution in [-0.2, 0) is 4.79 Å². The van der Waals surface area contributed by atoms with E-state index in [0.717, 1.165) is 25.7 Å². The third-order valence-electron chi connectivity index (χ3n) is 12.9. The molecule has 0 spiro atoms. The zero-order valence-electron chi connectivity index (χ0n) is 41.0. The van der Waals surface area contributed by atoms with E-state index in [9.17, 15) is 15.0 Å². The number of nitrogens with one attached hydrogen (secondary N) is 1. The first kappa shape index (κ1) is 58.9. The van der Waals surface area contributed by atoms with E-state index >= 15 is 0 Å². The van der Waals surface area contributed by atoms with Gasteiger partial charge in [-0.05, 0) is 44.9 Å². The van der Waals surface area contributed by atoms with E-state index in [0.29, 0.717) is 6.42 Å². The maximum Gasteiger partial charge on any atom is 0.220 e. The van der Waals surface area contributed by atoms with Crippen LogP contribution in [0.25, 0.3) is 0 Å². The summed E-state index contributed by atoms with van der Waals surface area (Å²) in [6, 6.07) is -0.621. The minimum atomic E-state index is -0.838. The Balaban J connectivity index is 3.47. The molecule has 4 nitrogen and oxygen atoms in total. The highest BCUT2D eigenvalue weighted by molar-refractivity contribution is 5.76. The lowest BCUT2D eigenvalue weighted by atomic mass is 10.0.